The summed E-state index contributed by atoms with van der Waals surface area (Å²) in [6.45, 7) is 3.65. The molecule has 17 heavy (non-hydrogen) atoms. The topological polar surface area (TPSA) is 85.0 Å². The molecule has 6 heteroatoms. The highest BCUT2D eigenvalue weighted by Gasteiger charge is 2.13. The molecule has 0 aliphatic rings. The van der Waals surface area contributed by atoms with Crippen molar-refractivity contribution in [1.82, 2.24) is 4.90 Å². The molecule has 0 aromatic rings. The van der Waals surface area contributed by atoms with E-state index < -0.39 is 12.0 Å². The van der Waals surface area contributed by atoms with Gasteiger partial charge in [-0.1, -0.05) is 0 Å². The smallest absolute Gasteiger partial charge is 0.320 e. The highest BCUT2D eigenvalue weighted by molar-refractivity contribution is 5.72. The molecule has 0 rings (SSSR count). The largest absolute Gasteiger partial charge is 0.480 e. The number of ether oxygens (including phenoxy) is 2. The Bertz CT molecular complexity index is 202. The van der Waals surface area contributed by atoms with E-state index in [9.17, 15) is 4.79 Å². The molecule has 1 unspecified atom stereocenters. The third kappa shape index (κ3) is 9.05. The lowest BCUT2D eigenvalue weighted by atomic mass is 10.2. The van der Waals surface area contributed by atoms with Crippen LogP contribution < -0.4 is 5.73 Å². The zero-order valence-corrected chi connectivity index (χ0v) is 10.7. The zero-order chi connectivity index (χ0) is 13.1. The fraction of sp³-hybridized carbons (Fsp3) is 0.909. The van der Waals surface area contributed by atoms with Gasteiger partial charge in [-0.15, -0.1) is 0 Å². The Hall–Kier alpha value is -0.690. The van der Waals surface area contributed by atoms with E-state index in [4.69, 9.17) is 20.3 Å². The Morgan fingerprint density at radius 2 is 1.88 bits per heavy atom. The highest BCUT2D eigenvalue weighted by Crippen LogP contribution is 1.98. The summed E-state index contributed by atoms with van der Waals surface area (Å²) in [5.74, 6) is -0.950. The second-order valence-electron chi connectivity index (χ2n) is 3.91. The number of hydrogen-bond donors (Lipinski definition) is 2. The summed E-state index contributed by atoms with van der Waals surface area (Å²) >= 11 is 0. The molecule has 0 amide bonds. The summed E-state index contributed by atoms with van der Waals surface area (Å²) in [5, 5.41) is 8.70. The Morgan fingerprint density at radius 1 is 1.24 bits per heavy atom. The monoisotopic (exact) mass is 248 g/mol. The molecule has 0 aromatic heterocycles. The van der Waals surface area contributed by atoms with Crippen molar-refractivity contribution in [3.63, 3.8) is 0 Å². The van der Waals surface area contributed by atoms with Gasteiger partial charge < -0.3 is 25.2 Å². The minimum atomic E-state index is -0.950. The first kappa shape index (κ1) is 16.3. The fourth-order valence-corrected chi connectivity index (χ4v) is 1.43. The summed E-state index contributed by atoms with van der Waals surface area (Å²) in [6, 6.07) is -0.789. The molecule has 0 aliphatic heterocycles. The van der Waals surface area contributed by atoms with Crippen molar-refractivity contribution in [2.24, 2.45) is 5.73 Å². The van der Waals surface area contributed by atoms with E-state index in [-0.39, 0.29) is 0 Å². The fourth-order valence-electron chi connectivity index (χ4n) is 1.43. The Kier molecular flexibility index (Phi) is 10.0. The van der Waals surface area contributed by atoms with Crippen molar-refractivity contribution in [2.45, 2.75) is 18.9 Å². The first-order valence-corrected chi connectivity index (χ1v) is 5.80. The van der Waals surface area contributed by atoms with Crippen LogP contribution in [0, 0.1) is 0 Å². The first-order chi connectivity index (χ1) is 8.11. The van der Waals surface area contributed by atoms with Crippen LogP contribution in [-0.2, 0) is 14.3 Å². The standard InChI is InChI=1S/C11H24N2O4/c1-16-8-3-5-13(7-9-17-2)6-4-10(12)11(14)15/h10H,3-9,12H2,1-2H3,(H,14,15). The quantitative estimate of drug-likeness (QED) is 0.491. The van der Waals surface area contributed by atoms with Gasteiger partial charge in [0.1, 0.15) is 6.04 Å². The van der Waals surface area contributed by atoms with E-state index >= 15 is 0 Å². The van der Waals surface area contributed by atoms with Crippen LogP contribution in [-0.4, -0.2) is 69.1 Å². The minimum absolute atomic E-state index is 0.450. The first-order valence-electron chi connectivity index (χ1n) is 5.80. The van der Waals surface area contributed by atoms with Gasteiger partial charge in [-0.25, -0.2) is 0 Å². The molecular formula is C11H24N2O4. The van der Waals surface area contributed by atoms with Crippen LogP contribution >= 0.6 is 0 Å². The van der Waals surface area contributed by atoms with Crippen LogP contribution in [0.3, 0.4) is 0 Å². The maximum Gasteiger partial charge on any atom is 0.320 e. The minimum Gasteiger partial charge on any atom is -0.480 e. The van der Waals surface area contributed by atoms with Crippen molar-refractivity contribution in [3.8, 4) is 0 Å². The van der Waals surface area contributed by atoms with Crippen LogP contribution in [0.4, 0.5) is 0 Å². The maximum absolute atomic E-state index is 10.6. The van der Waals surface area contributed by atoms with Gasteiger partial charge in [-0.2, -0.15) is 0 Å². The molecule has 3 N–H and O–H groups in total. The molecule has 0 fully saturated rings. The van der Waals surface area contributed by atoms with E-state index in [0.29, 0.717) is 26.2 Å². The van der Waals surface area contributed by atoms with Gasteiger partial charge in [-0.3, -0.25) is 4.79 Å². The van der Waals surface area contributed by atoms with Gasteiger partial charge in [0.25, 0.3) is 0 Å². The number of nitrogens with two attached hydrogens (primary N) is 1. The number of carboxylic acid groups (broad SMARTS) is 1. The second-order valence-corrected chi connectivity index (χ2v) is 3.91. The van der Waals surface area contributed by atoms with Crippen molar-refractivity contribution >= 4 is 5.97 Å². The van der Waals surface area contributed by atoms with Crippen LogP contribution in [0.25, 0.3) is 0 Å². The molecule has 0 radical (unpaired) electrons. The molecule has 0 saturated carbocycles. The maximum atomic E-state index is 10.6. The normalized spacial score (nSPS) is 12.9. The predicted octanol–water partition coefficient (Wildman–Crippen LogP) is -0.227. The van der Waals surface area contributed by atoms with Crippen LogP contribution in [0.2, 0.25) is 0 Å². The van der Waals surface area contributed by atoms with E-state index in [1.807, 2.05) is 0 Å². The van der Waals surface area contributed by atoms with Crippen molar-refractivity contribution in [3.05, 3.63) is 0 Å². The van der Waals surface area contributed by atoms with E-state index in [1.54, 1.807) is 14.2 Å². The zero-order valence-electron chi connectivity index (χ0n) is 10.7. The third-order valence-corrected chi connectivity index (χ3v) is 2.51. The summed E-state index contributed by atoms with van der Waals surface area (Å²) < 4.78 is 10.00. The number of hydrogen-bond acceptors (Lipinski definition) is 5. The van der Waals surface area contributed by atoms with Gasteiger partial charge in [0.15, 0.2) is 0 Å². The summed E-state index contributed by atoms with van der Waals surface area (Å²) in [6.07, 6.45) is 1.37. The average molecular weight is 248 g/mol. The molecule has 1 atom stereocenters. The number of carboxylic acids is 1. The second kappa shape index (κ2) is 10.5. The predicted molar refractivity (Wildman–Crippen MR) is 65.0 cm³/mol. The number of nitrogens with zero attached hydrogens (tertiary/aromatic N) is 1. The lowest BCUT2D eigenvalue weighted by Gasteiger charge is -2.22. The van der Waals surface area contributed by atoms with Crippen LogP contribution in [0.15, 0.2) is 0 Å². The molecular weight excluding hydrogens is 224 g/mol. The molecule has 102 valence electrons. The van der Waals surface area contributed by atoms with Crippen LogP contribution in [0.1, 0.15) is 12.8 Å². The molecule has 0 saturated heterocycles. The van der Waals surface area contributed by atoms with Gasteiger partial charge in [0.05, 0.1) is 6.61 Å². The summed E-state index contributed by atoms with van der Waals surface area (Å²) in [5.41, 5.74) is 5.47. The van der Waals surface area contributed by atoms with E-state index in [0.717, 1.165) is 19.5 Å². The lowest BCUT2D eigenvalue weighted by Crippen LogP contribution is -2.37. The van der Waals surface area contributed by atoms with Gasteiger partial charge in [0, 0.05) is 40.5 Å². The number of aliphatic carboxylic acids is 1. The SMILES string of the molecule is COCCCN(CCOC)CCC(N)C(=O)O. The molecule has 6 nitrogen and oxygen atoms in total. The lowest BCUT2D eigenvalue weighted by molar-refractivity contribution is -0.138. The van der Waals surface area contributed by atoms with Gasteiger partial charge in [-0.05, 0) is 12.8 Å². The molecule has 0 bridgehead atoms. The average Bonchev–Trinajstić information content (AvgIpc) is 2.31. The Labute approximate surface area is 103 Å². The summed E-state index contributed by atoms with van der Waals surface area (Å²) in [7, 11) is 3.32. The number of methoxy groups -OCH3 is 2. The molecule has 0 heterocycles. The van der Waals surface area contributed by atoms with E-state index in [1.165, 1.54) is 0 Å². The van der Waals surface area contributed by atoms with Gasteiger partial charge >= 0.3 is 5.97 Å². The molecule has 0 aromatic carbocycles. The summed E-state index contributed by atoms with van der Waals surface area (Å²) in [4.78, 5) is 12.7. The number of carbonyl (C=O) groups is 1. The number of rotatable bonds is 11. The Balaban J connectivity index is 3.86. The van der Waals surface area contributed by atoms with Crippen LogP contribution in [0.5, 0.6) is 0 Å². The highest BCUT2D eigenvalue weighted by atomic mass is 16.5. The third-order valence-electron chi connectivity index (χ3n) is 2.51. The van der Waals surface area contributed by atoms with Crippen molar-refractivity contribution < 1.29 is 19.4 Å². The van der Waals surface area contributed by atoms with Crippen molar-refractivity contribution in [2.75, 3.05) is 47.1 Å². The Morgan fingerprint density at radius 3 is 2.41 bits per heavy atom. The van der Waals surface area contributed by atoms with Crippen molar-refractivity contribution in [1.29, 1.82) is 0 Å². The molecule has 0 spiro atoms. The molecule has 0 aliphatic carbocycles. The van der Waals surface area contributed by atoms with Gasteiger partial charge in [0.2, 0.25) is 0 Å². The van der Waals surface area contributed by atoms with E-state index in [2.05, 4.69) is 4.90 Å².